The highest BCUT2D eigenvalue weighted by atomic mass is 19.4. The lowest BCUT2D eigenvalue weighted by Crippen LogP contribution is -2.50. The lowest BCUT2D eigenvalue weighted by atomic mass is 9.96. The Balaban J connectivity index is 1.24. The van der Waals surface area contributed by atoms with Crippen molar-refractivity contribution in [3.05, 3.63) is 48.0 Å². The van der Waals surface area contributed by atoms with Gasteiger partial charge in [-0.3, -0.25) is 9.59 Å². The molecule has 2 amide bonds. The molecule has 0 radical (unpaired) electrons. The second-order valence-corrected chi connectivity index (χ2v) is 8.77. The average Bonchev–Trinajstić information content (AvgIpc) is 3.30. The SMILES string of the molecule is O=C(NCC1CCN(c2ccccc2OC(F)(F)F)CC1)[C@H](O)[C@@H](O)C(=O)N1Cc2cncnc2C1. The van der Waals surface area contributed by atoms with E-state index in [4.69, 9.17) is 0 Å². The molecule has 3 heterocycles. The second-order valence-electron chi connectivity index (χ2n) is 8.77. The van der Waals surface area contributed by atoms with Gasteiger partial charge in [0.25, 0.3) is 11.8 Å². The third-order valence-electron chi connectivity index (χ3n) is 6.33. The van der Waals surface area contributed by atoms with Crippen LogP contribution in [0.15, 0.2) is 36.8 Å². The number of anilines is 1. The van der Waals surface area contributed by atoms with E-state index in [1.165, 1.54) is 23.4 Å². The summed E-state index contributed by atoms with van der Waals surface area (Å²) < 4.78 is 42.2. The number of hydrogen-bond donors (Lipinski definition) is 3. The number of hydrogen-bond acceptors (Lipinski definition) is 8. The number of amides is 2. The topological polar surface area (TPSA) is 128 Å². The average molecular weight is 509 g/mol. The van der Waals surface area contributed by atoms with Crippen molar-refractivity contribution in [2.45, 2.75) is 44.5 Å². The third-order valence-corrected chi connectivity index (χ3v) is 6.33. The molecule has 10 nitrogen and oxygen atoms in total. The van der Waals surface area contributed by atoms with Crippen LogP contribution in [0.5, 0.6) is 5.75 Å². The molecule has 2 aliphatic heterocycles. The smallest absolute Gasteiger partial charge is 0.404 e. The Morgan fingerprint density at radius 1 is 1.14 bits per heavy atom. The number of piperidine rings is 1. The Kier molecular flexibility index (Phi) is 7.59. The summed E-state index contributed by atoms with van der Waals surface area (Å²) in [6.07, 6.45) is -4.60. The van der Waals surface area contributed by atoms with Gasteiger partial charge in [0, 0.05) is 37.9 Å². The van der Waals surface area contributed by atoms with E-state index in [0.717, 1.165) is 5.56 Å². The Labute approximate surface area is 204 Å². The molecule has 2 atom stereocenters. The van der Waals surface area contributed by atoms with Gasteiger partial charge in [-0.1, -0.05) is 12.1 Å². The summed E-state index contributed by atoms with van der Waals surface area (Å²) in [6, 6.07) is 5.92. The fraction of sp³-hybridized carbons (Fsp3) is 0.478. The van der Waals surface area contributed by atoms with E-state index in [-0.39, 0.29) is 31.3 Å². The number of rotatable bonds is 7. The van der Waals surface area contributed by atoms with Crippen molar-refractivity contribution >= 4 is 17.5 Å². The number of carbonyl (C=O) groups excluding carboxylic acids is 2. The summed E-state index contributed by atoms with van der Waals surface area (Å²) in [5.41, 5.74) is 1.71. The maximum absolute atomic E-state index is 12.7. The van der Waals surface area contributed by atoms with Crippen LogP contribution in [0.3, 0.4) is 0 Å². The number of nitrogens with one attached hydrogen (secondary N) is 1. The fourth-order valence-electron chi connectivity index (χ4n) is 4.38. The highest BCUT2D eigenvalue weighted by Crippen LogP contribution is 2.34. The molecule has 1 aromatic heterocycles. The molecule has 1 aromatic carbocycles. The Bertz CT molecular complexity index is 1070. The number of fused-ring (bicyclic) bond motifs is 1. The second kappa shape index (κ2) is 10.7. The number of nitrogens with zero attached hydrogens (tertiary/aromatic N) is 4. The van der Waals surface area contributed by atoms with Gasteiger partial charge in [-0.2, -0.15) is 0 Å². The number of carbonyl (C=O) groups is 2. The van der Waals surface area contributed by atoms with E-state index in [0.29, 0.717) is 37.3 Å². The van der Waals surface area contributed by atoms with E-state index in [2.05, 4.69) is 20.0 Å². The van der Waals surface area contributed by atoms with Gasteiger partial charge in [-0.15, -0.1) is 13.2 Å². The summed E-state index contributed by atoms with van der Waals surface area (Å²) in [7, 11) is 0. The number of benzene rings is 1. The molecule has 0 bridgehead atoms. The van der Waals surface area contributed by atoms with E-state index < -0.39 is 30.4 Å². The number of para-hydroxylation sites is 2. The zero-order chi connectivity index (χ0) is 25.9. The van der Waals surface area contributed by atoms with Gasteiger partial charge in [0.15, 0.2) is 18.0 Å². The van der Waals surface area contributed by atoms with Crippen LogP contribution in [0.2, 0.25) is 0 Å². The molecular weight excluding hydrogens is 483 g/mol. The van der Waals surface area contributed by atoms with Crippen LogP contribution in [0.4, 0.5) is 18.9 Å². The maximum atomic E-state index is 12.7. The van der Waals surface area contributed by atoms with Crippen LogP contribution in [0, 0.1) is 5.92 Å². The zero-order valence-corrected chi connectivity index (χ0v) is 19.2. The maximum Gasteiger partial charge on any atom is 0.573 e. The first-order chi connectivity index (χ1) is 17.1. The van der Waals surface area contributed by atoms with Crippen molar-refractivity contribution in [2.24, 2.45) is 5.92 Å². The van der Waals surface area contributed by atoms with Crippen LogP contribution >= 0.6 is 0 Å². The molecular formula is C23H26F3N5O5. The lowest BCUT2D eigenvalue weighted by Gasteiger charge is -2.34. The molecule has 4 rings (SSSR count). The zero-order valence-electron chi connectivity index (χ0n) is 19.2. The number of aromatic nitrogens is 2. The van der Waals surface area contributed by atoms with Gasteiger partial charge in [-0.05, 0) is 30.9 Å². The number of aliphatic hydroxyl groups excluding tert-OH is 2. The van der Waals surface area contributed by atoms with Gasteiger partial charge < -0.3 is 30.1 Å². The van der Waals surface area contributed by atoms with E-state index in [1.54, 1.807) is 23.2 Å². The summed E-state index contributed by atoms with van der Waals surface area (Å²) in [5.74, 6) is -1.93. The lowest BCUT2D eigenvalue weighted by molar-refractivity contribution is -0.274. The van der Waals surface area contributed by atoms with Crippen LogP contribution in [0.25, 0.3) is 0 Å². The van der Waals surface area contributed by atoms with Crippen molar-refractivity contribution in [1.29, 1.82) is 0 Å². The van der Waals surface area contributed by atoms with Crippen LogP contribution in [0.1, 0.15) is 24.1 Å². The first-order valence-electron chi connectivity index (χ1n) is 11.4. The predicted molar refractivity (Wildman–Crippen MR) is 119 cm³/mol. The summed E-state index contributed by atoms with van der Waals surface area (Å²) >= 11 is 0. The third kappa shape index (κ3) is 6.02. The minimum Gasteiger partial charge on any atom is -0.404 e. The molecule has 2 aromatic rings. The van der Waals surface area contributed by atoms with E-state index >= 15 is 0 Å². The standard InChI is InChI=1S/C23H26F3N5O5/c24-23(25,26)36-18-4-2-1-3-17(18)30-7-5-14(6-8-30)9-28-21(34)19(32)20(33)22(35)31-11-15-10-27-13-29-16(15)12-31/h1-4,10,13-14,19-20,32-33H,5-9,11-12H2,(H,28,34)/t19-,20-/m1/s1. The van der Waals surface area contributed by atoms with Gasteiger partial charge in [0.2, 0.25) is 0 Å². The van der Waals surface area contributed by atoms with E-state index in [9.17, 15) is 33.0 Å². The molecule has 1 saturated heterocycles. The van der Waals surface area contributed by atoms with Crippen molar-refractivity contribution in [3.8, 4) is 5.75 Å². The van der Waals surface area contributed by atoms with Crippen LogP contribution in [-0.2, 0) is 22.7 Å². The molecule has 0 unspecified atom stereocenters. The monoisotopic (exact) mass is 509 g/mol. The Morgan fingerprint density at radius 3 is 2.56 bits per heavy atom. The molecule has 36 heavy (non-hydrogen) atoms. The fourth-order valence-corrected chi connectivity index (χ4v) is 4.38. The number of halogens is 3. The molecule has 0 saturated carbocycles. The first kappa shape index (κ1) is 25.6. The molecule has 13 heteroatoms. The highest BCUT2D eigenvalue weighted by Gasteiger charge is 2.36. The number of aliphatic hydroxyl groups is 2. The minimum atomic E-state index is -4.79. The summed E-state index contributed by atoms with van der Waals surface area (Å²) in [4.78, 5) is 36.0. The van der Waals surface area contributed by atoms with Gasteiger partial charge in [0.1, 0.15) is 6.33 Å². The van der Waals surface area contributed by atoms with Gasteiger partial charge in [-0.25, -0.2) is 9.97 Å². The van der Waals surface area contributed by atoms with Crippen LogP contribution in [-0.4, -0.2) is 75.1 Å². The Morgan fingerprint density at radius 2 is 1.86 bits per heavy atom. The highest BCUT2D eigenvalue weighted by molar-refractivity contribution is 5.90. The number of alkyl halides is 3. The minimum absolute atomic E-state index is 0.00703. The molecule has 3 N–H and O–H groups in total. The normalized spacial score (nSPS) is 17.9. The molecule has 0 spiro atoms. The number of ether oxygens (including phenoxy) is 1. The van der Waals surface area contributed by atoms with Crippen molar-refractivity contribution in [2.75, 3.05) is 24.5 Å². The van der Waals surface area contributed by atoms with Gasteiger partial charge >= 0.3 is 6.36 Å². The Hall–Kier alpha value is -3.45. The molecule has 0 aliphatic carbocycles. The predicted octanol–water partition coefficient (Wildman–Crippen LogP) is 0.972. The molecule has 1 fully saturated rings. The largest absolute Gasteiger partial charge is 0.573 e. The van der Waals surface area contributed by atoms with Crippen molar-refractivity contribution < 1.29 is 37.7 Å². The van der Waals surface area contributed by atoms with Crippen LogP contribution < -0.4 is 15.0 Å². The molecule has 194 valence electrons. The van der Waals surface area contributed by atoms with E-state index in [1.807, 2.05) is 0 Å². The summed E-state index contributed by atoms with van der Waals surface area (Å²) in [6.45, 7) is 1.41. The van der Waals surface area contributed by atoms with Crippen molar-refractivity contribution in [1.82, 2.24) is 20.2 Å². The first-order valence-corrected chi connectivity index (χ1v) is 11.4. The quantitative estimate of drug-likeness (QED) is 0.504. The molecule has 2 aliphatic rings. The van der Waals surface area contributed by atoms with Gasteiger partial charge in [0.05, 0.1) is 17.9 Å². The van der Waals surface area contributed by atoms with Crippen molar-refractivity contribution in [3.63, 3.8) is 0 Å². The summed E-state index contributed by atoms with van der Waals surface area (Å²) in [5, 5.41) is 23.0.